The Labute approximate surface area is 112 Å². The van der Waals surface area contributed by atoms with Crippen LogP contribution in [0, 0.1) is 12.7 Å². The molecule has 1 aromatic rings. The molecule has 4 nitrogen and oxygen atoms in total. The third-order valence-corrected chi connectivity index (χ3v) is 3.55. The van der Waals surface area contributed by atoms with Crippen LogP contribution in [0.15, 0.2) is 18.2 Å². The summed E-state index contributed by atoms with van der Waals surface area (Å²) in [6.07, 6.45) is 0.937. The molecule has 0 aromatic heterocycles. The van der Waals surface area contributed by atoms with E-state index in [1.54, 1.807) is 19.1 Å². The lowest BCUT2D eigenvalue weighted by molar-refractivity contribution is -0.124. The summed E-state index contributed by atoms with van der Waals surface area (Å²) in [7, 11) is 0. The zero-order chi connectivity index (χ0) is 13.8. The van der Waals surface area contributed by atoms with Crippen LogP contribution >= 0.6 is 0 Å². The van der Waals surface area contributed by atoms with Gasteiger partial charge in [-0.05, 0) is 30.5 Å². The lowest BCUT2D eigenvalue weighted by atomic mass is 10.0. The van der Waals surface area contributed by atoms with E-state index in [1.165, 1.54) is 6.07 Å². The Morgan fingerprint density at radius 1 is 1.58 bits per heavy atom. The zero-order valence-corrected chi connectivity index (χ0v) is 11.0. The normalized spacial score (nSPS) is 19.0. The first kappa shape index (κ1) is 14.0. The highest BCUT2D eigenvalue weighted by atomic mass is 19.1. The summed E-state index contributed by atoms with van der Waals surface area (Å²) in [6.45, 7) is 3.26. The number of hydrogen-bond acceptors (Lipinski definition) is 3. The summed E-state index contributed by atoms with van der Waals surface area (Å²) >= 11 is 0. The van der Waals surface area contributed by atoms with Gasteiger partial charge in [0.25, 0.3) is 0 Å². The summed E-state index contributed by atoms with van der Waals surface area (Å²) in [4.78, 5) is 13.6. The van der Waals surface area contributed by atoms with Gasteiger partial charge < -0.3 is 10.4 Å². The maximum Gasteiger partial charge on any atom is 0.234 e. The number of aliphatic hydroxyl groups is 1. The summed E-state index contributed by atoms with van der Waals surface area (Å²) in [5.41, 5.74) is 1.35. The molecule has 2 rings (SSSR count). The van der Waals surface area contributed by atoms with Gasteiger partial charge in [0.1, 0.15) is 5.82 Å². The molecule has 1 heterocycles. The van der Waals surface area contributed by atoms with E-state index in [0.29, 0.717) is 18.7 Å². The van der Waals surface area contributed by atoms with E-state index in [-0.39, 0.29) is 24.4 Å². The first-order chi connectivity index (χ1) is 9.10. The van der Waals surface area contributed by atoms with E-state index in [4.69, 9.17) is 5.11 Å². The van der Waals surface area contributed by atoms with Crippen molar-refractivity contribution < 1.29 is 14.3 Å². The molecule has 1 aromatic carbocycles. The van der Waals surface area contributed by atoms with Gasteiger partial charge in [-0.15, -0.1) is 0 Å². The third kappa shape index (κ3) is 3.52. The van der Waals surface area contributed by atoms with Gasteiger partial charge in [0.2, 0.25) is 5.91 Å². The van der Waals surface area contributed by atoms with Crippen LogP contribution in [0.4, 0.5) is 4.39 Å². The average Bonchev–Trinajstić information content (AvgIpc) is 2.37. The van der Waals surface area contributed by atoms with Crippen LogP contribution in [0.3, 0.4) is 0 Å². The van der Waals surface area contributed by atoms with Gasteiger partial charge in [-0.2, -0.15) is 0 Å². The number of hydrogen-bond donors (Lipinski definition) is 2. The van der Waals surface area contributed by atoms with Crippen molar-refractivity contribution in [3.05, 3.63) is 35.1 Å². The Hall–Kier alpha value is -1.46. The fourth-order valence-electron chi connectivity index (χ4n) is 2.10. The number of aryl methyl sites for hydroxylation is 1. The van der Waals surface area contributed by atoms with Crippen LogP contribution < -0.4 is 5.32 Å². The van der Waals surface area contributed by atoms with E-state index < -0.39 is 0 Å². The van der Waals surface area contributed by atoms with E-state index in [9.17, 15) is 9.18 Å². The Morgan fingerprint density at radius 3 is 2.95 bits per heavy atom. The van der Waals surface area contributed by atoms with Crippen molar-refractivity contribution in [2.75, 3.05) is 19.7 Å². The molecule has 1 unspecified atom stereocenters. The highest BCUT2D eigenvalue weighted by Gasteiger charge is 2.28. The summed E-state index contributed by atoms with van der Waals surface area (Å²) in [6, 6.07) is 5.06. The number of rotatable bonds is 5. The van der Waals surface area contributed by atoms with Crippen molar-refractivity contribution in [1.82, 2.24) is 10.2 Å². The predicted octanol–water partition coefficient (Wildman–Crippen LogP) is 0.817. The highest BCUT2D eigenvalue weighted by Crippen LogP contribution is 2.15. The van der Waals surface area contributed by atoms with Gasteiger partial charge in [0, 0.05) is 19.1 Å². The summed E-state index contributed by atoms with van der Waals surface area (Å²) in [5.74, 6) is -0.353. The first-order valence-electron chi connectivity index (χ1n) is 6.47. The molecular formula is C14H19FN2O2. The van der Waals surface area contributed by atoms with Crippen molar-refractivity contribution in [3.8, 4) is 0 Å². The zero-order valence-electron chi connectivity index (χ0n) is 11.0. The van der Waals surface area contributed by atoms with Gasteiger partial charge in [-0.3, -0.25) is 9.69 Å². The summed E-state index contributed by atoms with van der Waals surface area (Å²) < 4.78 is 13.3. The second-order valence-electron chi connectivity index (χ2n) is 4.96. The molecule has 0 radical (unpaired) electrons. The van der Waals surface area contributed by atoms with E-state index in [1.807, 2.05) is 4.90 Å². The fourth-order valence-corrected chi connectivity index (χ4v) is 2.10. The number of halogens is 1. The molecule has 19 heavy (non-hydrogen) atoms. The second kappa shape index (κ2) is 6.12. The standard InChI is InChI=1S/C14H19FN2O2/c1-10-2-3-11(6-13(10)15)7-16-14(19)8-17-5-4-12(17)9-18/h2-3,6,12,18H,4-5,7-9H2,1H3,(H,16,19). The van der Waals surface area contributed by atoms with Crippen LogP contribution in [0.1, 0.15) is 17.5 Å². The number of likely N-dealkylation sites (tertiary alicyclic amines) is 1. The van der Waals surface area contributed by atoms with Gasteiger partial charge >= 0.3 is 0 Å². The molecule has 0 aliphatic carbocycles. The minimum absolute atomic E-state index is 0.0937. The average molecular weight is 266 g/mol. The molecule has 104 valence electrons. The molecular weight excluding hydrogens is 247 g/mol. The molecule has 1 saturated heterocycles. The lowest BCUT2D eigenvalue weighted by Gasteiger charge is -2.39. The van der Waals surface area contributed by atoms with Gasteiger partial charge in [0.15, 0.2) is 0 Å². The van der Waals surface area contributed by atoms with Gasteiger partial charge in [-0.1, -0.05) is 12.1 Å². The van der Waals surface area contributed by atoms with Crippen LogP contribution in [0.5, 0.6) is 0 Å². The Kier molecular flexibility index (Phi) is 4.50. The van der Waals surface area contributed by atoms with Crippen molar-refractivity contribution in [2.24, 2.45) is 0 Å². The van der Waals surface area contributed by atoms with Crippen LogP contribution in [0.2, 0.25) is 0 Å². The molecule has 1 atom stereocenters. The topological polar surface area (TPSA) is 52.6 Å². The summed E-state index contributed by atoms with van der Waals surface area (Å²) in [5, 5.41) is 11.8. The minimum Gasteiger partial charge on any atom is -0.395 e. The number of nitrogens with one attached hydrogen (secondary N) is 1. The maximum absolute atomic E-state index is 13.3. The third-order valence-electron chi connectivity index (χ3n) is 3.55. The van der Waals surface area contributed by atoms with E-state index in [0.717, 1.165) is 18.5 Å². The van der Waals surface area contributed by atoms with Gasteiger partial charge in [-0.25, -0.2) is 4.39 Å². The number of aliphatic hydroxyl groups excluding tert-OH is 1. The number of nitrogens with zero attached hydrogens (tertiary/aromatic N) is 1. The molecule has 0 saturated carbocycles. The van der Waals surface area contributed by atoms with Crippen LogP contribution in [-0.4, -0.2) is 41.7 Å². The van der Waals surface area contributed by atoms with Crippen molar-refractivity contribution in [1.29, 1.82) is 0 Å². The number of amides is 1. The van der Waals surface area contributed by atoms with E-state index >= 15 is 0 Å². The molecule has 5 heteroatoms. The van der Waals surface area contributed by atoms with Crippen molar-refractivity contribution >= 4 is 5.91 Å². The number of carbonyl (C=O) groups excluding carboxylic acids is 1. The molecule has 2 N–H and O–H groups in total. The van der Waals surface area contributed by atoms with E-state index in [2.05, 4.69) is 5.32 Å². The Balaban J connectivity index is 1.78. The predicted molar refractivity (Wildman–Crippen MR) is 70.0 cm³/mol. The van der Waals surface area contributed by atoms with Crippen LogP contribution in [0.25, 0.3) is 0 Å². The first-order valence-corrected chi connectivity index (χ1v) is 6.47. The second-order valence-corrected chi connectivity index (χ2v) is 4.96. The highest BCUT2D eigenvalue weighted by molar-refractivity contribution is 5.78. The lowest BCUT2D eigenvalue weighted by Crippen LogP contribution is -2.53. The SMILES string of the molecule is Cc1ccc(CNC(=O)CN2CCC2CO)cc1F. The number of carbonyl (C=O) groups is 1. The monoisotopic (exact) mass is 266 g/mol. The molecule has 0 bridgehead atoms. The quantitative estimate of drug-likeness (QED) is 0.829. The van der Waals surface area contributed by atoms with Gasteiger partial charge in [0.05, 0.1) is 13.2 Å². The largest absolute Gasteiger partial charge is 0.395 e. The molecule has 1 aliphatic rings. The molecule has 1 amide bonds. The smallest absolute Gasteiger partial charge is 0.234 e. The van der Waals surface area contributed by atoms with Crippen molar-refractivity contribution in [2.45, 2.75) is 25.9 Å². The van der Waals surface area contributed by atoms with Crippen molar-refractivity contribution in [3.63, 3.8) is 0 Å². The Morgan fingerprint density at radius 2 is 2.37 bits per heavy atom. The molecule has 0 spiro atoms. The Bertz CT molecular complexity index is 463. The molecule has 1 fully saturated rings. The number of benzene rings is 1. The minimum atomic E-state index is -0.255. The maximum atomic E-state index is 13.3. The van der Waals surface area contributed by atoms with Crippen LogP contribution in [-0.2, 0) is 11.3 Å². The fraction of sp³-hybridized carbons (Fsp3) is 0.500. The molecule has 1 aliphatic heterocycles.